The summed E-state index contributed by atoms with van der Waals surface area (Å²) in [6, 6.07) is -2.87. The molecule has 2 atom stereocenters. The molecule has 0 aliphatic carbocycles. The van der Waals surface area contributed by atoms with Gasteiger partial charge in [0.05, 0.1) is 6.42 Å². The van der Waals surface area contributed by atoms with Crippen molar-refractivity contribution in [1.29, 1.82) is 0 Å². The number of carbonyl (C=O) groups is 5. The van der Waals surface area contributed by atoms with Crippen LogP contribution in [0.5, 0.6) is 0 Å². The number of guanidine groups is 1. The molecule has 26 heavy (non-hydrogen) atoms. The Labute approximate surface area is 148 Å². The van der Waals surface area contributed by atoms with Gasteiger partial charge in [-0.05, 0) is 12.8 Å². The van der Waals surface area contributed by atoms with Crippen LogP contribution in [0.4, 0.5) is 4.79 Å². The minimum atomic E-state index is -1.32. The van der Waals surface area contributed by atoms with Gasteiger partial charge in [0.15, 0.2) is 5.96 Å². The number of nitrogens with one attached hydrogen (secondary N) is 2. The molecule has 0 saturated carbocycles. The molecule has 144 valence electrons. The highest BCUT2D eigenvalue weighted by Gasteiger charge is 2.38. The minimum Gasteiger partial charge on any atom is -0.370 e. The average Bonchev–Trinajstić information content (AvgIpc) is 2.77. The zero-order valence-corrected chi connectivity index (χ0v) is 13.9. The first-order valence-electron chi connectivity index (χ1n) is 7.66. The number of imide groups is 1. The number of nitrogens with two attached hydrogens (primary N) is 4. The fraction of sp³-hybridized carbons (Fsp3) is 0.538. The lowest BCUT2D eigenvalue weighted by Gasteiger charge is -2.17. The van der Waals surface area contributed by atoms with Gasteiger partial charge in [-0.1, -0.05) is 0 Å². The van der Waals surface area contributed by atoms with Crippen LogP contribution >= 0.6 is 0 Å². The lowest BCUT2D eigenvalue weighted by molar-refractivity contribution is -0.134. The molecule has 0 radical (unpaired) electrons. The van der Waals surface area contributed by atoms with Gasteiger partial charge in [0.2, 0.25) is 17.7 Å². The van der Waals surface area contributed by atoms with Crippen LogP contribution in [0, 0.1) is 0 Å². The Balaban J connectivity index is 2.57. The topological polar surface area (TPSA) is 229 Å². The molecule has 0 aromatic rings. The number of amides is 6. The maximum atomic E-state index is 12.2. The Morgan fingerprint density at radius 3 is 2.38 bits per heavy atom. The maximum Gasteiger partial charge on any atom is 0.325 e. The second-order valence-electron chi connectivity index (χ2n) is 5.57. The molecular formula is C13H22N8O5. The van der Waals surface area contributed by atoms with E-state index in [1.54, 1.807) is 0 Å². The number of primary amides is 2. The number of hydrogen-bond donors (Lipinski definition) is 6. The van der Waals surface area contributed by atoms with E-state index in [1.807, 2.05) is 0 Å². The zero-order chi connectivity index (χ0) is 19.9. The summed E-state index contributed by atoms with van der Waals surface area (Å²) in [6.45, 7) is -0.340. The van der Waals surface area contributed by atoms with Gasteiger partial charge >= 0.3 is 6.03 Å². The molecule has 0 aromatic heterocycles. The van der Waals surface area contributed by atoms with Crippen LogP contribution in [0.3, 0.4) is 0 Å². The van der Waals surface area contributed by atoms with Gasteiger partial charge in [-0.25, -0.2) is 4.79 Å². The molecule has 1 unspecified atom stereocenters. The van der Waals surface area contributed by atoms with Crippen LogP contribution in [0.25, 0.3) is 0 Å². The molecule has 13 heteroatoms. The van der Waals surface area contributed by atoms with Gasteiger partial charge in [-0.15, -0.1) is 0 Å². The summed E-state index contributed by atoms with van der Waals surface area (Å²) in [5.41, 5.74) is 20.4. The lowest BCUT2D eigenvalue weighted by atomic mass is 10.1. The Kier molecular flexibility index (Phi) is 7.31. The van der Waals surface area contributed by atoms with Crippen molar-refractivity contribution in [2.24, 2.45) is 27.9 Å². The molecule has 10 N–H and O–H groups in total. The Hall–Kier alpha value is -3.38. The smallest absolute Gasteiger partial charge is 0.325 e. The van der Waals surface area contributed by atoms with Crippen molar-refractivity contribution in [1.82, 2.24) is 15.5 Å². The quantitative estimate of drug-likeness (QED) is 0.0959. The third-order valence-corrected chi connectivity index (χ3v) is 3.44. The number of urea groups is 1. The first-order chi connectivity index (χ1) is 12.1. The summed E-state index contributed by atoms with van der Waals surface area (Å²) in [5.74, 6) is -3.32. The minimum absolute atomic E-state index is 0.0787. The van der Waals surface area contributed by atoms with Crippen LogP contribution in [0.2, 0.25) is 0 Å². The Morgan fingerprint density at radius 1 is 1.19 bits per heavy atom. The lowest BCUT2D eigenvalue weighted by Crippen LogP contribution is -2.50. The van der Waals surface area contributed by atoms with Gasteiger partial charge in [0.1, 0.15) is 18.6 Å². The van der Waals surface area contributed by atoms with Crippen molar-refractivity contribution >= 4 is 35.6 Å². The molecule has 1 heterocycles. The summed E-state index contributed by atoms with van der Waals surface area (Å²) in [6.07, 6.45) is 0.233. The number of hydrogen-bond acceptors (Lipinski definition) is 6. The van der Waals surface area contributed by atoms with Gasteiger partial charge < -0.3 is 33.6 Å². The van der Waals surface area contributed by atoms with Crippen LogP contribution in [-0.4, -0.2) is 65.7 Å². The average molecular weight is 370 g/mol. The van der Waals surface area contributed by atoms with E-state index in [0.717, 1.165) is 0 Å². The summed E-state index contributed by atoms with van der Waals surface area (Å²) >= 11 is 0. The van der Waals surface area contributed by atoms with E-state index in [0.29, 0.717) is 11.3 Å². The summed E-state index contributed by atoms with van der Waals surface area (Å²) in [5, 5.41) is 4.60. The van der Waals surface area contributed by atoms with Crippen molar-refractivity contribution in [3.8, 4) is 0 Å². The van der Waals surface area contributed by atoms with E-state index in [-0.39, 0.29) is 18.9 Å². The number of nitrogens with zero attached hydrogens (tertiary/aromatic N) is 2. The molecule has 13 nitrogen and oxygen atoms in total. The highest BCUT2D eigenvalue weighted by molar-refractivity contribution is 6.06. The van der Waals surface area contributed by atoms with Crippen LogP contribution < -0.4 is 33.6 Å². The summed E-state index contributed by atoms with van der Waals surface area (Å²) in [4.78, 5) is 62.5. The van der Waals surface area contributed by atoms with Gasteiger partial charge in [-0.2, -0.15) is 0 Å². The highest BCUT2D eigenvalue weighted by Crippen LogP contribution is 2.11. The number of carbonyl (C=O) groups excluding carboxylic acids is 5. The first-order valence-corrected chi connectivity index (χ1v) is 7.66. The Bertz CT molecular complexity index is 630. The molecule has 6 amide bonds. The van der Waals surface area contributed by atoms with Crippen molar-refractivity contribution in [3.63, 3.8) is 0 Å². The molecule has 1 fully saturated rings. The second kappa shape index (κ2) is 9.19. The summed E-state index contributed by atoms with van der Waals surface area (Å²) < 4.78 is 0. The fourth-order valence-corrected chi connectivity index (χ4v) is 2.23. The van der Waals surface area contributed by atoms with E-state index < -0.39 is 54.7 Å². The third kappa shape index (κ3) is 6.26. The van der Waals surface area contributed by atoms with Crippen molar-refractivity contribution in [2.45, 2.75) is 31.3 Å². The van der Waals surface area contributed by atoms with Gasteiger partial charge in [0.25, 0.3) is 5.91 Å². The van der Waals surface area contributed by atoms with E-state index in [9.17, 15) is 24.0 Å². The van der Waals surface area contributed by atoms with Crippen LogP contribution in [-0.2, 0) is 19.2 Å². The molecule has 0 spiro atoms. The predicted octanol–water partition coefficient (Wildman–Crippen LogP) is -4.19. The normalized spacial score (nSPS) is 17.4. The van der Waals surface area contributed by atoms with Crippen molar-refractivity contribution in [2.75, 3.05) is 13.1 Å². The number of rotatable bonds is 10. The first kappa shape index (κ1) is 20.7. The predicted molar refractivity (Wildman–Crippen MR) is 88.9 cm³/mol. The third-order valence-electron chi connectivity index (χ3n) is 3.44. The van der Waals surface area contributed by atoms with Gasteiger partial charge in [0, 0.05) is 6.54 Å². The highest BCUT2D eigenvalue weighted by atomic mass is 16.2. The van der Waals surface area contributed by atoms with Gasteiger partial charge in [-0.3, -0.25) is 29.1 Å². The SMILES string of the molecule is NC(=O)C[C@H](NC(=O)CN1C(=O)NC(CCCN=C(N)N)C1=O)C(N)=O. The Morgan fingerprint density at radius 2 is 1.85 bits per heavy atom. The monoisotopic (exact) mass is 370 g/mol. The molecule has 0 bridgehead atoms. The van der Waals surface area contributed by atoms with Crippen LogP contribution in [0.15, 0.2) is 4.99 Å². The zero-order valence-electron chi connectivity index (χ0n) is 13.9. The number of aliphatic imine (C=N–C) groups is 1. The fourth-order valence-electron chi connectivity index (χ4n) is 2.23. The van der Waals surface area contributed by atoms with Crippen molar-refractivity contribution < 1.29 is 24.0 Å². The molecular weight excluding hydrogens is 348 g/mol. The second-order valence-corrected chi connectivity index (χ2v) is 5.57. The molecule has 1 aliphatic rings. The molecule has 1 aliphatic heterocycles. The van der Waals surface area contributed by atoms with Crippen molar-refractivity contribution in [3.05, 3.63) is 0 Å². The van der Waals surface area contributed by atoms with E-state index in [2.05, 4.69) is 15.6 Å². The van der Waals surface area contributed by atoms with Crippen LogP contribution in [0.1, 0.15) is 19.3 Å². The van der Waals surface area contributed by atoms with E-state index >= 15 is 0 Å². The standard InChI is InChI=1S/C13H22N8O5/c14-8(22)4-7(10(15)24)19-9(23)5-21-11(25)6(20-13(21)26)2-1-3-18-12(16)17/h6-7H,1-5H2,(H2,14,22)(H2,15,24)(H,19,23)(H,20,26)(H4,16,17,18)/t6?,7-/m0/s1. The molecule has 0 aromatic carbocycles. The molecule has 1 rings (SSSR count). The maximum absolute atomic E-state index is 12.2. The van der Waals surface area contributed by atoms with E-state index in [1.165, 1.54) is 0 Å². The summed E-state index contributed by atoms with van der Waals surface area (Å²) in [7, 11) is 0. The largest absolute Gasteiger partial charge is 0.370 e. The molecule has 1 saturated heterocycles. The van der Waals surface area contributed by atoms with E-state index in [4.69, 9.17) is 22.9 Å².